The number of nitrogens with one attached hydrogen (secondary N) is 2. The van der Waals surface area contributed by atoms with Crippen LogP contribution in [0.2, 0.25) is 5.02 Å². The van der Waals surface area contributed by atoms with Crippen LogP contribution in [-0.2, 0) is 37.8 Å². The SMILES string of the molecule is Nc1ccccc1NC(=O)CCCCCC(=O)NCc1ccc([C@H]2O[C@@H](CN3CCC(O)(c4ccc(Cl)cc4)CC3)C[C@@H](c3ccc(CO)cc3)O2)cc1. The first-order valence-electron chi connectivity index (χ1n) is 18.9. The molecule has 2 fully saturated rings. The zero-order valence-corrected chi connectivity index (χ0v) is 31.3. The molecule has 10 nitrogen and oxygen atoms in total. The number of para-hydroxylation sites is 2. The van der Waals surface area contributed by atoms with Gasteiger partial charge in [-0.3, -0.25) is 9.59 Å². The highest BCUT2D eigenvalue weighted by Gasteiger charge is 2.37. The van der Waals surface area contributed by atoms with Crippen molar-refractivity contribution in [3.63, 3.8) is 0 Å². The molecule has 6 rings (SSSR count). The Hall–Kier alpha value is -4.29. The molecule has 0 spiro atoms. The van der Waals surface area contributed by atoms with Gasteiger partial charge in [-0.15, -0.1) is 0 Å². The number of aliphatic hydroxyl groups excluding tert-OH is 1. The number of piperidine rings is 1. The van der Waals surface area contributed by atoms with Crippen LogP contribution >= 0.6 is 11.6 Å². The van der Waals surface area contributed by atoms with Crippen molar-refractivity contribution in [2.45, 2.75) is 88.6 Å². The summed E-state index contributed by atoms with van der Waals surface area (Å²) in [4.78, 5) is 27.1. The average molecular weight is 755 g/mol. The van der Waals surface area contributed by atoms with Crippen LogP contribution in [0.4, 0.5) is 11.4 Å². The van der Waals surface area contributed by atoms with E-state index < -0.39 is 11.9 Å². The molecule has 3 atom stereocenters. The lowest BCUT2D eigenvalue weighted by molar-refractivity contribution is -0.253. The number of nitrogens with zero attached hydrogens (tertiary/aromatic N) is 1. The molecule has 2 aliphatic rings. The Balaban J connectivity index is 0.983. The number of aliphatic hydroxyl groups is 2. The highest BCUT2D eigenvalue weighted by molar-refractivity contribution is 6.30. The first-order chi connectivity index (χ1) is 26.2. The molecule has 2 saturated heterocycles. The van der Waals surface area contributed by atoms with E-state index in [0.29, 0.717) is 74.4 Å². The average Bonchev–Trinajstić information content (AvgIpc) is 3.19. The number of unbranched alkanes of at least 4 members (excludes halogenated alkanes) is 2. The maximum Gasteiger partial charge on any atom is 0.224 e. The lowest BCUT2D eigenvalue weighted by Gasteiger charge is -2.42. The third-order valence-electron chi connectivity index (χ3n) is 10.4. The van der Waals surface area contributed by atoms with Gasteiger partial charge in [0.15, 0.2) is 6.29 Å². The number of hydrogen-bond donors (Lipinski definition) is 5. The Kier molecular flexibility index (Phi) is 13.7. The molecule has 0 unspecified atom stereocenters. The van der Waals surface area contributed by atoms with Gasteiger partial charge in [-0.1, -0.05) is 90.8 Å². The van der Waals surface area contributed by atoms with E-state index in [1.165, 1.54) is 0 Å². The van der Waals surface area contributed by atoms with Crippen LogP contribution in [0.1, 0.15) is 91.6 Å². The molecule has 2 aliphatic heterocycles. The number of hydrogen-bond acceptors (Lipinski definition) is 8. The predicted octanol–water partition coefficient (Wildman–Crippen LogP) is 7.15. The van der Waals surface area contributed by atoms with Crippen LogP contribution in [0.15, 0.2) is 97.1 Å². The highest BCUT2D eigenvalue weighted by atomic mass is 35.5. The summed E-state index contributed by atoms with van der Waals surface area (Å²) in [5.74, 6) is -0.110. The van der Waals surface area contributed by atoms with E-state index in [4.69, 9.17) is 26.8 Å². The van der Waals surface area contributed by atoms with Crippen LogP contribution in [-0.4, -0.2) is 52.7 Å². The van der Waals surface area contributed by atoms with Crippen molar-refractivity contribution in [1.29, 1.82) is 0 Å². The number of nitrogen functional groups attached to an aromatic ring is 1. The number of benzene rings is 4. The van der Waals surface area contributed by atoms with E-state index in [1.807, 2.05) is 84.9 Å². The van der Waals surface area contributed by atoms with E-state index >= 15 is 0 Å². The standard InChI is InChI=1S/C43H51ClN4O6/c44-35-20-18-34(19-21-35)43(52)22-24-48(25-23-43)28-36-26-39(32-14-12-31(29-49)13-15-32)54-42(53-36)33-16-10-30(11-17-33)27-46-40(50)8-2-1-3-9-41(51)47-38-7-5-4-6-37(38)45/h4-7,10-21,36,39,42,49,52H,1-3,8-9,22-29,45H2,(H,46,50)(H,47,51)/t36-,39+,42+/m1/s1. The van der Waals surface area contributed by atoms with E-state index in [-0.39, 0.29) is 30.6 Å². The number of halogens is 1. The van der Waals surface area contributed by atoms with Gasteiger partial charge in [0.1, 0.15) is 0 Å². The summed E-state index contributed by atoms with van der Waals surface area (Å²) >= 11 is 6.09. The van der Waals surface area contributed by atoms with E-state index in [1.54, 1.807) is 12.1 Å². The predicted molar refractivity (Wildman–Crippen MR) is 210 cm³/mol. The van der Waals surface area contributed by atoms with E-state index in [0.717, 1.165) is 47.3 Å². The van der Waals surface area contributed by atoms with Crippen molar-refractivity contribution in [2.75, 3.05) is 30.7 Å². The minimum absolute atomic E-state index is 0.0174. The van der Waals surface area contributed by atoms with Gasteiger partial charge in [0.2, 0.25) is 11.8 Å². The Bertz CT molecular complexity index is 1810. The van der Waals surface area contributed by atoms with Crippen molar-refractivity contribution in [3.05, 3.63) is 130 Å². The summed E-state index contributed by atoms with van der Waals surface area (Å²) in [7, 11) is 0. The fraction of sp³-hybridized carbons (Fsp3) is 0.395. The number of nitrogens with two attached hydrogens (primary N) is 1. The number of ether oxygens (including phenoxy) is 2. The van der Waals surface area contributed by atoms with Crippen molar-refractivity contribution in [1.82, 2.24) is 10.2 Å². The second-order valence-corrected chi connectivity index (χ2v) is 14.8. The molecule has 0 aliphatic carbocycles. The Morgan fingerprint density at radius 2 is 1.46 bits per heavy atom. The minimum Gasteiger partial charge on any atom is -0.397 e. The van der Waals surface area contributed by atoms with Gasteiger partial charge in [0.25, 0.3) is 0 Å². The Morgan fingerprint density at radius 3 is 2.15 bits per heavy atom. The maximum atomic E-state index is 12.6. The van der Waals surface area contributed by atoms with Crippen molar-refractivity contribution < 1.29 is 29.3 Å². The van der Waals surface area contributed by atoms with Crippen LogP contribution < -0.4 is 16.4 Å². The second kappa shape index (κ2) is 18.8. The highest BCUT2D eigenvalue weighted by Crippen LogP contribution is 2.39. The van der Waals surface area contributed by atoms with Crippen LogP contribution in [0.3, 0.4) is 0 Å². The van der Waals surface area contributed by atoms with E-state index in [9.17, 15) is 19.8 Å². The van der Waals surface area contributed by atoms with Crippen molar-refractivity contribution in [3.8, 4) is 0 Å². The molecule has 4 aromatic rings. The van der Waals surface area contributed by atoms with Crippen LogP contribution in [0.5, 0.6) is 0 Å². The largest absolute Gasteiger partial charge is 0.397 e. The van der Waals surface area contributed by atoms with Crippen LogP contribution in [0.25, 0.3) is 0 Å². The van der Waals surface area contributed by atoms with Crippen molar-refractivity contribution >= 4 is 34.8 Å². The van der Waals surface area contributed by atoms with Crippen molar-refractivity contribution in [2.24, 2.45) is 0 Å². The second-order valence-electron chi connectivity index (χ2n) is 14.4. The van der Waals surface area contributed by atoms with Crippen LogP contribution in [0, 0.1) is 0 Å². The first kappa shape index (κ1) is 39.4. The number of rotatable bonds is 15. The van der Waals surface area contributed by atoms with Gasteiger partial charge in [-0.05, 0) is 72.2 Å². The maximum absolute atomic E-state index is 12.6. The molecule has 2 amide bonds. The van der Waals surface area contributed by atoms with Gasteiger partial charge in [-0.25, -0.2) is 0 Å². The van der Waals surface area contributed by atoms with Gasteiger partial charge in [-0.2, -0.15) is 0 Å². The first-order valence-corrected chi connectivity index (χ1v) is 19.3. The third kappa shape index (κ3) is 10.9. The Labute approximate surface area is 322 Å². The number of carbonyl (C=O) groups excluding carboxylic acids is 2. The lowest BCUT2D eigenvalue weighted by atomic mass is 9.84. The summed E-state index contributed by atoms with van der Waals surface area (Å²) in [6.45, 7) is 2.58. The molecular weight excluding hydrogens is 704 g/mol. The number of likely N-dealkylation sites (tertiary alicyclic amines) is 1. The normalized spacial score (nSPS) is 19.9. The number of anilines is 2. The monoisotopic (exact) mass is 754 g/mol. The molecule has 54 heavy (non-hydrogen) atoms. The molecule has 0 radical (unpaired) electrons. The molecule has 4 aromatic carbocycles. The lowest BCUT2D eigenvalue weighted by Crippen LogP contribution is -2.46. The van der Waals surface area contributed by atoms with E-state index in [2.05, 4.69) is 15.5 Å². The topological polar surface area (TPSA) is 146 Å². The zero-order valence-electron chi connectivity index (χ0n) is 30.6. The molecule has 0 saturated carbocycles. The molecule has 6 N–H and O–H groups in total. The number of amides is 2. The molecule has 2 heterocycles. The van der Waals surface area contributed by atoms with Gasteiger partial charge in [0.05, 0.1) is 35.8 Å². The third-order valence-corrected chi connectivity index (χ3v) is 10.7. The summed E-state index contributed by atoms with van der Waals surface area (Å²) < 4.78 is 13.1. The summed E-state index contributed by atoms with van der Waals surface area (Å²) in [6, 6.07) is 30.5. The van der Waals surface area contributed by atoms with Gasteiger partial charge >= 0.3 is 0 Å². The fourth-order valence-electron chi connectivity index (χ4n) is 7.13. The number of carbonyl (C=O) groups is 2. The molecule has 11 heteroatoms. The zero-order chi connectivity index (χ0) is 37.9. The van der Waals surface area contributed by atoms with Gasteiger partial charge < -0.3 is 41.0 Å². The fourth-order valence-corrected chi connectivity index (χ4v) is 7.25. The smallest absolute Gasteiger partial charge is 0.224 e. The minimum atomic E-state index is -0.878. The summed E-state index contributed by atoms with van der Waals surface area (Å²) in [5, 5.41) is 27.5. The molecule has 286 valence electrons. The quantitative estimate of drug-likeness (QED) is 0.0636. The Morgan fingerprint density at radius 1 is 0.815 bits per heavy atom. The van der Waals surface area contributed by atoms with Gasteiger partial charge in [0, 0.05) is 56.0 Å². The summed E-state index contributed by atoms with van der Waals surface area (Å²) in [5.41, 5.74) is 10.8. The summed E-state index contributed by atoms with van der Waals surface area (Å²) in [6.07, 6.45) is 3.97. The molecule has 0 bridgehead atoms. The molecular formula is C43H51ClN4O6. The molecule has 0 aromatic heterocycles.